The summed E-state index contributed by atoms with van der Waals surface area (Å²) in [6.07, 6.45) is 1.37. The van der Waals surface area contributed by atoms with Crippen LogP contribution in [0.2, 0.25) is 0 Å². The zero-order valence-electron chi connectivity index (χ0n) is 14.8. The predicted molar refractivity (Wildman–Crippen MR) is 99.8 cm³/mol. The molecule has 0 bridgehead atoms. The molecular weight excluding hydrogens is 352 g/mol. The number of hydrogen-bond donors (Lipinski definition) is 1. The van der Waals surface area contributed by atoms with Crippen LogP contribution in [0.3, 0.4) is 0 Å². The van der Waals surface area contributed by atoms with E-state index >= 15 is 0 Å². The van der Waals surface area contributed by atoms with E-state index in [4.69, 9.17) is 4.74 Å². The Kier molecular flexibility index (Phi) is 5.29. The van der Waals surface area contributed by atoms with Crippen LogP contribution in [0, 0.1) is 0 Å². The van der Waals surface area contributed by atoms with Gasteiger partial charge in [-0.3, -0.25) is 4.79 Å². The van der Waals surface area contributed by atoms with Gasteiger partial charge in [-0.1, -0.05) is 18.2 Å². The van der Waals surface area contributed by atoms with Crippen molar-refractivity contribution in [1.29, 1.82) is 0 Å². The fourth-order valence-electron chi connectivity index (χ4n) is 3.11. The van der Waals surface area contributed by atoms with Crippen LogP contribution in [-0.4, -0.2) is 28.0 Å². The minimum Gasteiger partial charge on any atom is -0.496 e. The zero-order chi connectivity index (χ0) is 18.7. The van der Waals surface area contributed by atoms with Crippen LogP contribution in [0.25, 0.3) is 0 Å². The van der Waals surface area contributed by atoms with E-state index in [9.17, 15) is 13.2 Å². The summed E-state index contributed by atoms with van der Waals surface area (Å²) in [5.41, 5.74) is 1.49. The molecule has 1 N–H and O–H groups in total. The lowest BCUT2D eigenvalue weighted by Crippen LogP contribution is -2.27. The van der Waals surface area contributed by atoms with Crippen LogP contribution in [0.5, 0.6) is 5.75 Å². The summed E-state index contributed by atoms with van der Waals surface area (Å²) < 4.78 is 33.3. The molecule has 2 aromatic rings. The van der Waals surface area contributed by atoms with Gasteiger partial charge in [-0.2, -0.15) is 0 Å². The van der Waals surface area contributed by atoms with Crippen LogP contribution in [0.1, 0.15) is 31.4 Å². The first-order chi connectivity index (χ1) is 12.4. The van der Waals surface area contributed by atoms with Crippen LogP contribution in [0.4, 0.5) is 5.69 Å². The maximum Gasteiger partial charge on any atom is 0.241 e. The van der Waals surface area contributed by atoms with Gasteiger partial charge in [0.2, 0.25) is 15.9 Å². The third-order valence-electron chi connectivity index (χ3n) is 4.47. The van der Waals surface area contributed by atoms with E-state index in [1.807, 2.05) is 18.2 Å². The van der Waals surface area contributed by atoms with Gasteiger partial charge in [-0.25, -0.2) is 13.1 Å². The molecule has 6 nitrogen and oxygen atoms in total. The molecule has 0 saturated carbocycles. The van der Waals surface area contributed by atoms with Crippen molar-refractivity contribution in [3.63, 3.8) is 0 Å². The second-order valence-corrected chi connectivity index (χ2v) is 7.94. The third kappa shape index (κ3) is 3.73. The number of sulfonamides is 1. The van der Waals surface area contributed by atoms with Gasteiger partial charge in [0.1, 0.15) is 5.75 Å². The molecule has 3 rings (SSSR count). The highest BCUT2D eigenvalue weighted by Gasteiger charge is 2.23. The number of amides is 1. The Hall–Kier alpha value is -2.38. The fourth-order valence-corrected chi connectivity index (χ4v) is 4.34. The average Bonchev–Trinajstić information content (AvgIpc) is 3.07. The smallest absolute Gasteiger partial charge is 0.241 e. The summed E-state index contributed by atoms with van der Waals surface area (Å²) in [6.45, 7) is 2.45. The highest BCUT2D eigenvalue weighted by molar-refractivity contribution is 7.89. The summed E-state index contributed by atoms with van der Waals surface area (Å²) in [7, 11) is -2.14. The summed E-state index contributed by atoms with van der Waals surface area (Å²) in [5, 5.41) is 0. The number of carbonyl (C=O) groups is 1. The molecule has 1 aliphatic rings. The van der Waals surface area contributed by atoms with Crippen molar-refractivity contribution in [3.8, 4) is 5.75 Å². The number of hydrogen-bond acceptors (Lipinski definition) is 4. The molecular formula is C19H22N2O4S. The molecule has 1 heterocycles. The molecule has 0 aliphatic carbocycles. The van der Waals surface area contributed by atoms with E-state index in [0.29, 0.717) is 18.7 Å². The van der Waals surface area contributed by atoms with Gasteiger partial charge in [-0.05, 0) is 43.7 Å². The van der Waals surface area contributed by atoms with E-state index < -0.39 is 16.1 Å². The predicted octanol–water partition coefficient (Wildman–Crippen LogP) is 2.86. The number of nitrogens with zero attached hydrogens (tertiary/aromatic N) is 1. The highest BCUT2D eigenvalue weighted by atomic mass is 32.2. The van der Waals surface area contributed by atoms with Crippen molar-refractivity contribution in [2.24, 2.45) is 0 Å². The van der Waals surface area contributed by atoms with Crippen LogP contribution < -0.4 is 14.4 Å². The molecule has 0 radical (unpaired) electrons. The average molecular weight is 374 g/mol. The number of anilines is 1. The van der Waals surface area contributed by atoms with Crippen molar-refractivity contribution < 1.29 is 17.9 Å². The lowest BCUT2D eigenvalue weighted by atomic mass is 10.1. The number of para-hydroxylation sites is 1. The number of carbonyl (C=O) groups excluding carboxylic acids is 1. The molecule has 0 aromatic heterocycles. The maximum absolute atomic E-state index is 12.7. The maximum atomic E-state index is 12.7. The van der Waals surface area contributed by atoms with Crippen LogP contribution in [-0.2, 0) is 14.8 Å². The molecule has 7 heteroatoms. The van der Waals surface area contributed by atoms with Gasteiger partial charge >= 0.3 is 0 Å². The van der Waals surface area contributed by atoms with Crippen molar-refractivity contribution in [3.05, 3.63) is 54.1 Å². The van der Waals surface area contributed by atoms with Gasteiger partial charge < -0.3 is 9.64 Å². The van der Waals surface area contributed by atoms with Crippen molar-refractivity contribution in [2.45, 2.75) is 30.7 Å². The summed E-state index contributed by atoms with van der Waals surface area (Å²) in [6, 6.07) is 13.2. The minimum absolute atomic E-state index is 0.0727. The van der Waals surface area contributed by atoms with E-state index in [2.05, 4.69) is 4.72 Å². The minimum atomic E-state index is -3.70. The summed E-state index contributed by atoms with van der Waals surface area (Å²) >= 11 is 0. The lowest BCUT2D eigenvalue weighted by molar-refractivity contribution is -0.117. The molecule has 1 saturated heterocycles. The Morgan fingerprint density at radius 2 is 1.81 bits per heavy atom. The van der Waals surface area contributed by atoms with E-state index in [0.717, 1.165) is 17.7 Å². The third-order valence-corrected chi connectivity index (χ3v) is 6.03. The summed E-state index contributed by atoms with van der Waals surface area (Å²) in [5.74, 6) is 0.703. The Bertz CT molecular complexity index is 894. The molecule has 2 aromatic carbocycles. The fraction of sp³-hybridized carbons (Fsp3) is 0.316. The first-order valence-corrected chi connectivity index (χ1v) is 9.96. The molecule has 0 unspecified atom stereocenters. The van der Waals surface area contributed by atoms with Crippen LogP contribution in [0.15, 0.2) is 53.4 Å². The second kappa shape index (κ2) is 7.47. The molecule has 1 aliphatic heterocycles. The molecule has 1 amide bonds. The lowest BCUT2D eigenvalue weighted by Gasteiger charge is -2.18. The van der Waals surface area contributed by atoms with E-state index in [1.165, 1.54) is 12.1 Å². The van der Waals surface area contributed by atoms with E-state index in [-0.39, 0.29) is 10.8 Å². The first kappa shape index (κ1) is 18.4. The van der Waals surface area contributed by atoms with Gasteiger partial charge in [0, 0.05) is 30.3 Å². The van der Waals surface area contributed by atoms with E-state index in [1.54, 1.807) is 37.1 Å². The van der Waals surface area contributed by atoms with Crippen molar-refractivity contribution in [1.82, 2.24) is 4.72 Å². The molecule has 0 spiro atoms. The molecule has 26 heavy (non-hydrogen) atoms. The van der Waals surface area contributed by atoms with Gasteiger partial charge in [0.15, 0.2) is 0 Å². The zero-order valence-corrected chi connectivity index (χ0v) is 15.6. The molecule has 1 atom stereocenters. The monoisotopic (exact) mass is 374 g/mol. The Labute approximate surface area is 153 Å². The number of nitrogens with one attached hydrogen (secondary N) is 1. The highest BCUT2D eigenvalue weighted by Crippen LogP contribution is 2.27. The second-order valence-electron chi connectivity index (χ2n) is 6.23. The number of benzene rings is 2. The number of rotatable bonds is 6. The normalized spacial score (nSPS) is 15.9. The Morgan fingerprint density at radius 3 is 2.42 bits per heavy atom. The Morgan fingerprint density at radius 1 is 1.12 bits per heavy atom. The molecule has 138 valence electrons. The molecule has 1 fully saturated rings. The SMILES string of the molecule is COc1ccccc1[C@H](C)NS(=O)(=O)c1ccc(N2CCCC2=O)cc1. The van der Waals surface area contributed by atoms with Crippen molar-refractivity contribution in [2.75, 3.05) is 18.6 Å². The van der Waals surface area contributed by atoms with Gasteiger partial charge in [0.05, 0.1) is 12.0 Å². The van der Waals surface area contributed by atoms with Crippen molar-refractivity contribution >= 4 is 21.6 Å². The largest absolute Gasteiger partial charge is 0.496 e. The van der Waals surface area contributed by atoms with Gasteiger partial charge in [0.25, 0.3) is 0 Å². The standard InChI is InChI=1S/C19H22N2O4S/c1-14(17-6-3-4-7-18(17)25-2)20-26(23,24)16-11-9-15(10-12-16)21-13-5-8-19(21)22/h3-4,6-7,9-12,14,20H,5,8,13H2,1-2H3/t14-/m0/s1. The quantitative estimate of drug-likeness (QED) is 0.844. The summed E-state index contributed by atoms with van der Waals surface area (Å²) in [4.78, 5) is 13.6. The first-order valence-electron chi connectivity index (χ1n) is 8.48. The van der Waals surface area contributed by atoms with Crippen LogP contribution >= 0.6 is 0 Å². The topological polar surface area (TPSA) is 75.7 Å². The Balaban J connectivity index is 1.78. The number of methoxy groups -OCH3 is 1. The van der Waals surface area contributed by atoms with Gasteiger partial charge in [-0.15, -0.1) is 0 Å². The number of ether oxygens (including phenoxy) is 1.